The summed E-state index contributed by atoms with van der Waals surface area (Å²) in [5.41, 5.74) is 7.37. The zero-order chi connectivity index (χ0) is 34.9. The Bertz CT molecular complexity index is 1810. The van der Waals surface area contributed by atoms with Crippen molar-refractivity contribution in [3.05, 3.63) is 77.8 Å². The number of nitrogens with zero attached hydrogens (tertiary/aromatic N) is 5. The Kier molecular flexibility index (Phi) is 10.9. The molecule has 0 aliphatic carbocycles. The Hall–Kier alpha value is -3.02. The first-order valence-corrected chi connectivity index (χ1v) is 21.4. The average Bonchev–Trinajstić information content (AvgIpc) is 3.47. The maximum Gasteiger partial charge on any atom is 0.192 e. The molecule has 4 aromatic rings. The lowest BCUT2D eigenvalue weighted by atomic mass is 9.89. The fraction of sp³-hybridized carbons (Fsp3) is 0.500. The Morgan fingerprint density at radius 3 is 2.48 bits per heavy atom. The highest BCUT2D eigenvalue weighted by Crippen LogP contribution is 2.38. The van der Waals surface area contributed by atoms with Crippen LogP contribution < -0.4 is 5.14 Å². The molecule has 0 spiro atoms. The van der Waals surface area contributed by atoms with Crippen molar-refractivity contribution in [2.45, 2.75) is 103 Å². The van der Waals surface area contributed by atoms with Crippen molar-refractivity contribution in [3.63, 3.8) is 0 Å². The molecule has 1 aliphatic heterocycles. The van der Waals surface area contributed by atoms with Crippen molar-refractivity contribution in [1.29, 1.82) is 0 Å². The molecule has 0 amide bonds. The highest BCUT2D eigenvalue weighted by atomic mass is 32.2. The quantitative estimate of drug-likeness (QED) is 0.150. The minimum Gasteiger partial charge on any atom is -0.411 e. The number of pyridine rings is 2. The van der Waals surface area contributed by atoms with Gasteiger partial charge < -0.3 is 9.33 Å². The predicted octanol–water partition coefficient (Wildman–Crippen LogP) is 8.40. The second-order valence-corrected chi connectivity index (χ2v) is 22.0. The third-order valence-electron chi connectivity index (χ3n) is 10.2. The number of nitrogens with two attached hydrogens (primary N) is 1. The van der Waals surface area contributed by atoms with E-state index in [1.807, 2.05) is 42.9 Å². The molecule has 5 rings (SSSR count). The fourth-order valence-electron chi connectivity index (χ4n) is 6.09. The largest absolute Gasteiger partial charge is 0.411 e. The summed E-state index contributed by atoms with van der Waals surface area (Å²) >= 11 is 0. The number of aromatic nitrogens is 4. The second kappa shape index (κ2) is 14.4. The number of rotatable bonds is 12. The molecule has 258 valence electrons. The van der Waals surface area contributed by atoms with E-state index in [9.17, 15) is 4.21 Å². The summed E-state index contributed by atoms with van der Waals surface area (Å²) in [6, 6.07) is 16.8. The smallest absolute Gasteiger partial charge is 0.192 e. The minimum atomic E-state index is -1.93. The Morgan fingerprint density at radius 2 is 1.81 bits per heavy atom. The van der Waals surface area contributed by atoms with Crippen molar-refractivity contribution >= 4 is 35.8 Å². The van der Waals surface area contributed by atoms with E-state index in [1.54, 1.807) is 0 Å². The molecule has 4 heterocycles. The zero-order valence-electron chi connectivity index (χ0n) is 30.3. The second-order valence-electron chi connectivity index (χ2n) is 15.5. The van der Waals surface area contributed by atoms with Crippen LogP contribution in [0.3, 0.4) is 0 Å². The molecule has 0 bridgehead atoms. The molecule has 3 aromatic heterocycles. The van der Waals surface area contributed by atoms with Crippen LogP contribution in [0.2, 0.25) is 18.1 Å². The van der Waals surface area contributed by atoms with Crippen LogP contribution in [-0.2, 0) is 22.0 Å². The van der Waals surface area contributed by atoms with Gasteiger partial charge in [0.2, 0.25) is 0 Å². The number of likely N-dealkylation sites (N-methyl/N-ethyl adjacent to an activating group) is 1. The van der Waals surface area contributed by atoms with Crippen molar-refractivity contribution in [3.8, 4) is 17.1 Å². The van der Waals surface area contributed by atoms with Crippen LogP contribution in [-0.4, -0.2) is 62.1 Å². The molecule has 0 fully saturated rings. The van der Waals surface area contributed by atoms with Crippen LogP contribution in [0.15, 0.2) is 60.8 Å². The highest BCUT2D eigenvalue weighted by molar-refractivity contribution is 7.84. The average molecular weight is 687 g/mol. The summed E-state index contributed by atoms with van der Waals surface area (Å²) in [5, 5.41) is 12.0. The molecule has 1 aromatic carbocycles. The van der Waals surface area contributed by atoms with Gasteiger partial charge in [0.15, 0.2) is 14.1 Å². The Labute approximate surface area is 290 Å². The van der Waals surface area contributed by atoms with E-state index < -0.39 is 24.1 Å². The first-order valence-electron chi connectivity index (χ1n) is 17.2. The maximum absolute atomic E-state index is 12.4. The molecule has 0 saturated carbocycles. The third-order valence-corrected chi connectivity index (χ3v) is 16.0. The number of hydrogen-bond acceptors (Lipinski definition) is 6. The summed E-state index contributed by atoms with van der Waals surface area (Å²) in [4.78, 5) is 12.6. The van der Waals surface area contributed by atoms with Crippen LogP contribution in [0.5, 0.6) is 0 Å². The van der Waals surface area contributed by atoms with Gasteiger partial charge in [0.1, 0.15) is 0 Å². The molecule has 1 unspecified atom stereocenters. The monoisotopic (exact) mass is 686 g/mol. The van der Waals surface area contributed by atoms with Gasteiger partial charge in [-0.2, -0.15) is 5.10 Å². The van der Waals surface area contributed by atoms with E-state index in [4.69, 9.17) is 24.6 Å². The van der Waals surface area contributed by atoms with Crippen molar-refractivity contribution in [1.82, 2.24) is 24.6 Å². The first-order chi connectivity index (χ1) is 22.6. The number of fused-ring (bicyclic) bond motifs is 1. The highest BCUT2D eigenvalue weighted by Gasteiger charge is 2.37. The van der Waals surface area contributed by atoms with E-state index in [-0.39, 0.29) is 11.0 Å². The van der Waals surface area contributed by atoms with Gasteiger partial charge in [-0.1, -0.05) is 52.3 Å². The van der Waals surface area contributed by atoms with Crippen LogP contribution >= 0.6 is 0 Å². The lowest BCUT2D eigenvalue weighted by molar-refractivity contribution is 0.272. The molecular weight excluding hydrogens is 633 g/mol. The Balaban J connectivity index is 1.59. The van der Waals surface area contributed by atoms with Crippen molar-refractivity contribution in [2.75, 3.05) is 20.1 Å². The van der Waals surface area contributed by atoms with Gasteiger partial charge in [-0.15, -0.1) is 0 Å². The maximum atomic E-state index is 12.4. The predicted molar refractivity (Wildman–Crippen MR) is 203 cm³/mol. The number of benzene rings is 1. The van der Waals surface area contributed by atoms with Crippen LogP contribution in [0.4, 0.5) is 0 Å². The summed E-state index contributed by atoms with van der Waals surface area (Å²) in [6.07, 6.45) is 7.95. The van der Waals surface area contributed by atoms with Gasteiger partial charge in [0, 0.05) is 35.7 Å². The third kappa shape index (κ3) is 8.05. The summed E-state index contributed by atoms with van der Waals surface area (Å²) in [6.45, 7) is 19.9. The lowest BCUT2D eigenvalue weighted by Crippen LogP contribution is -2.40. The van der Waals surface area contributed by atoms with Crippen LogP contribution in [0, 0.1) is 0 Å². The Morgan fingerprint density at radius 1 is 1.06 bits per heavy atom. The van der Waals surface area contributed by atoms with Gasteiger partial charge in [-0.25, -0.2) is 13.9 Å². The van der Waals surface area contributed by atoms with Gasteiger partial charge in [-0.3, -0.25) is 10.1 Å². The summed E-state index contributed by atoms with van der Waals surface area (Å²) in [7, 11) is -1.20. The van der Waals surface area contributed by atoms with Gasteiger partial charge in [-0.05, 0) is 106 Å². The minimum absolute atomic E-state index is 0.125. The molecule has 10 heteroatoms. The van der Waals surface area contributed by atoms with E-state index >= 15 is 0 Å². The van der Waals surface area contributed by atoms with Crippen molar-refractivity contribution in [2.24, 2.45) is 5.14 Å². The van der Waals surface area contributed by atoms with E-state index in [2.05, 4.69) is 89.1 Å². The molecule has 48 heavy (non-hydrogen) atoms. The fourth-order valence-corrected chi connectivity index (χ4v) is 7.40. The molecule has 2 atom stereocenters. The van der Waals surface area contributed by atoms with E-state index in [0.717, 1.165) is 71.7 Å². The summed E-state index contributed by atoms with van der Waals surface area (Å²) in [5.74, 6) is 0.923. The number of hydrogen-bond donors (Lipinski definition) is 1. The van der Waals surface area contributed by atoms with Gasteiger partial charge >= 0.3 is 0 Å². The molecule has 0 saturated heterocycles. The molecule has 1 aliphatic rings. The SMILES string of the molecule is CCC[C@@H](CC(C)(C)S(N)=O)c1cccc(-c2cc(C3=CCN(C)CC3)c3cnn(-c4cccc(CO[Si](C)(C)C(C)(C)C)n4)c3c2)n1. The molecule has 0 radical (unpaired) electrons. The molecular formula is C38H54N6O2SSi. The van der Waals surface area contributed by atoms with Gasteiger partial charge in [0.25, 0.3) is 0 Å². The molecule has 2 N–H and O–H groups in total. The summed E-state index contributed by atoms with van der Waals surface area (Å²) < 4.78 is 20.3. The van der Waals surface area contributed by atoms with Crippen LogP contribution in [0.1, 0.15) is 90.1 Å². The topological polar surface area (TPSA) is 99.2 Å². The first kappa shape index (κ1) is 36.3. The normalized spacial score (nSPS) is 16.2. The van der Waals surface area contributed by atoms with Crippen LogP contribution in [0.25, 0.3) is 33.6 Å². The van der Waals surface area contributed by atoms with Gasteiger partial charge in [0.05, 0.1) is 45.4 Å². The molecule has 8 nitrogen and oxygen atoms in total. The van der Waals surface area contributed by atoms with E-state index in [1.165, 1.54) is 11.1 Å². The zero-order valence-corrected chi connectivity index (χ0v) is 32.2. The lowest BCUT2D eigenvalue weighted by Gasteiger charge is -2.36. The van der Waals surface area contributed by atoms with E-state index in [0.29, 0.717) is 13.0 Å². The standard InChI is InChI=1S/C38H54N6O2SSi/c1-10-13-28(24-38(5,6)47(39)45)33-15-12-16-34(42-33)29-22-31(27-18-20-43(7)21-19-27)32-25-40-44(35(32)23-29)36-17-11-14-30(41-36)26-46-48(8,9)37(2,3)4/h11-12,14-18,22-23,25,28H,10,13,19-21,24,26,39H2,1-9H3/t28-,47?/m0/s1. The van der Waals surface area contributed by atoms with Crippen molar-refractivity contribution < 1.29 is 8.63 Å².